The molecule has 302 valence electrons. The largest absolute Gasteiger partial charge is 0.418 e. The number of primary amides is 1. The second-order valence-electron chi connectivity index (χ2n) is 14.7. The van der Waals surface area contributed by atoms with Gasteiger partial charge >= 0.3 is 6.18 Å². The first-order chi connectivity index (χ1) is 27.3. The summed E-state index contributed by atoms with van der Waals surface area (Å²) >= 11 is 0. The normalized spacial score (nSPS) is 18.4. The van der Waals surface area contributed by atoms with Crippen molar-refractivity contribution in [2.45, 2.75) is 44.8 Å². The van der Waals surface area contributed by atoms with Crippen LogP contribution < -0.4 is 36.6 Å². The molecule has 0 radical (unpaired) electrons. The van der Waals surface area contributed by atoms with Gasteiger partial charge < -0.3 is 31.1 Å². The second kappa shape index (κ2) is 16.7. The number of hydrogen-bond acceptors (Lipinski definition) is 12. The van der Waals surface area contributed by atoms with Crippen molar-refractivity contribution in [2.75, 3.05) is 78.9 Å². The Balaban J connectivity index is 0.929. The zero-order chi connectivity index (χ0) is 40.3. The first kappa shape index (κ1) is 39.4. The van der Waals surface area contributed by atoms with Crippen LogP contribution in [-0.2, 0) is 11.0 Å². The third kappa shape index (κ3) is 9.41. The van der Waals surface area contributed by atoms with Gasteiger partial charge in [-0.2, -0.15) is 23.3 Å². The lowest BCUT2D eigenvalue weighted by atomic mass is 9.94. The van der Waals surface area contributed by atoms with Crippen LogP contribution >= 0.6 is 0 Å². The Hall–Kier alpha value is -5.85. The summed E-state index contributed by atoms with van der Waals surface area (Å²) in [7, 11) is 0. The Morgan fingerprint density at radius 2 is 1.63 bits per heavy atom. The lowest BCUT2D eigenvalue weighted by Crippen LogP contribution is -2.49. The lowest BCUT2D eigenvalue weighted by Gasteiger charge is -2.40. The van der Waals surface area contributed by atoms with E-state index in [1.807, 2.05) is 9.80 Å². The van der Waals surface area contributed by atoms with Crippen molar-refractivity contribution in [1.82, 2.24) is 35.6 Å². The molecule has 15 nitrogen and oxygen atoms in total. The minimum atomic E-state index is -4.57. The number of piperidine rings is 2. The van der Waals surface area contributed by atoms with Crippen molar-refractivity contribution in [3.63, 3.8) is 0 Å². The molecular weight excluding hydrogens is 748 g/mol. The number of H-pyrrole nitrogens is 1. The molecule has 3 aliphatic heterocycles. The first-order valence-electron chi connectivity index (χ1n) is 18.9. The standard InChI is InChI=1S/C38H44F4N12O3/c1-23(55)44-27-3-2-12-54(22-27)37-46-36(34(35(43)57)49-50-37)45-26-5-8-32(29(39)20-26)53-17-15-51(16-18-53)21-24-10-13-52(14-11-24)31-7-4-25(19-28(31)38(40,41)42)30-6-9-33(56)48-47-30/h4-9,19-20,24,27H,2-3,10-18,21-22H2,1H3,(H2,43,57)(H,44,55)(H,48,56)(H,45,46,50). The number of amides is 2. The molecule has 0 spiro atoms. The Labute approximate surface area is 325 Å². The van der Waals surface area contributed by atoms with E-state index in [1.165, 1.54) is 31.2 Å². The van der Waals surface area contributed by atoms with E-state index in [-0.39, 0.29) is 46.4 Å². The van der Waals surface area contributed by atoms with Crippen molar-refractivity contribution in [3.05, 3.63) is 76.0 Å². The smallest absolute Gasteiger partial charge is 0.371 e. The molecular formula is C38H44F4N12O3. The number of hydrogen-bond donors (Lipinski definition) is 4. The summed E-state index contributed by atoms with van der Waals surface area (Å²) in [5, 5.41) is 20.1. The average Bonchev–Trinajstić information content (AvgIpc) is 3.18. The average molecular weight is 793 g/mol. The second-order valence-corrected chi connectivity index (χ2v) is 14.7. The Morgan fingerprint density at radius 3 is 2.30 bits per heavy atom. The van der Waals surface area contributed by atoms with E-state index in [4.69, 9.17) is 5.73 Å². The van der Waals surface area contributed by atoms with Gasteiger partial charge in [0.2, 0.25) is 11.9 Å². The van der Waals surface area contributed by atoms with Crippen LogP contribution in [0.25, 0.3) is 11.3 Å². The number of alkyl halides is 3. The van der Waals surface area contributed by atoms with E-state index in [9.17, 15) is 27.6 Å². The van der Waals surface area contributed by atoms with Gasteiger partial charge in [-0.05, 0) is 68.0 Å². The fraction of sp³-hybridized carbons (Fsp3) is 0.447. The highest BCUT2D eigenvalue weighted by molar-refractivity contribution is 5.96. The summed E-state index contributed by atoms with van der Waals surface area (Å²) < 4.78 is 58.3. The van der Waals surface area contributed by atoms with E-state index in [0.29, 0.717) is 69.7 Å². The van der Waals surface area contributed by atoms with Gasteiger partial charge in [0.25, 0.3) is 11.5 Å². The van der Waals surface area contributed by atoms with Crippen LogP contribution in [0.1, 0.15) is 48.7 Å². The van der Waals surface area contributed by atoms with Crippen molar-refractivity contribution < 1.29 is 27.2 Å². The predicted octanol–water partition coefficient (Wildman–Crippen LogP) is 3.77. The summed E-state index contributed by atoms with van der Waals surface area (Å²) in [6, 6.07) is 11.4. The highest BCUT2D eigenvalue weighted by atomic mass is 19.4. The molecule has 1 unspecified atom stereocenters. The number of halogens is 4. The third-order valence-electron chi connectivity index (χ3n) is 10.7. The number of carbonyl (C=O) groups excluding carboxylic acids is 2. The molecule has 3 fully saturated rings. The van der Waals surface area contributed by atoms with Crippen molar-refractivity contribution in [1.29, 1.82) is 0 Å². The van der Waals surface area contributed by atoms with Crippen molar-refractivity contribution in [3.8, 4) is 11.3 Å². The highest BCUT2D eigenvalue weighted by Gasteiger charge is 2.36. The van der Waals surface area contributed by atoms with E-state index in [2.05, 4.69) is 40.9 Å². The molecule has 5 heterocycles. The molecule has 7 rings (SSSR count). The Morgan fingerprint density at radius 1 is 0.895 bits per heavy atom. The number of anilines is 5. The molecule has 1 atom stereocenters. The van der Waals surface area contributed by atoms with E-state index in [0.717, 1.165) is 38.3 Å². The monoisotopic (exact) mass is 792 g/mol. The first-order valence-corrected chi connectivity index (χ1v) is 18.9. The molecule has 2 aromatic carbocycles. The van der Waals surface area contributed by atoms with Gasteiger partial charge in [0.1, 0.15) is 5.82 Å². The van der Waals surface area contributed by atoms with Gasteiger partial charge in [-0.1, -0.05) is 6.07 Å². The minimum Gasteiger partial charge on any atom is -0.371 e. The van der Waals surface area contributed by atoms with Gasteiger partial charge in [-0.3, -0.25) is 19.3 Å². The number of carbonyl (C=O) groups is 2. The van der Waals surface area contributed by atoms with Crippen LogP contribution in [-0.4, -0.2) is 107 Å². The predicted molar refractivity (Wildman–Crippen MR) is 206 cm³/mol. The number of aromatic nitrogens is 5. The van der Waals surface area contributed by atoms with Gasteiger partial charge in [0, 0.05) is 94.9 Å². The Kier molecular flexibility index (Phi) is 11.5. The minimum absolute atomic E-state index is 0.0413. The summed E-state index contributed by atoms with van der Waals surface area (Å²) in [5.41, 5.74) is 5.62. The maximum absolute atomic E-state index is 15.6. The van der Waals surface area contributed by atoms with Crippen molar-refractivity contribution in [2.24, 2.45) is 11.7 Å². The number of nitrogens with two attached hydrogens (primary N) is 1. The van der Waals surface area contributed by atoms with Crippen LogP contribution in [0.2, 0.25) is 0 Å². The molecule has 2 amide bonds. The third-order valence-corrected chi connectivity index (χ3v) is 10.7. The molecule has 5 N–H and O–H groups in total. The molecule has 3 saturated heterocycles. The number of nitrogens with zero attached hydrogens (tertiary/aromatic N) is 8. The van der Waals surface area contributed by atoms with Gasteiger partial charge in [0.15, 0.2) is 11.5 Å². The number of piperazine rings is 1. The lowest BCUT2D eigenvalue weighted by molar-refractivity contribution is -0.137. The SMILES string of the molecule is CC(=O)NC1CCCN(c2nnc(C(N)=O)c(Nc3ccc(N4CCN(CC5CCN(c6ccc(-c7ccc(=O)[nH]n7)cc6C(F)(F)F)CC5)CC4)c(F)c3)n2)C1. The summed E-state index contributed by atoms with van der Waals surface area (Å²) in [5.74, 6) is -0.834. The molecule has 0 saturated carbocycles. The van der Waals surface area contributed by atoms with E-state index >= 15 is 4.39 Å². The van der Waals surface area contributed by atoms with Gasteiger partial charge in [-0.15, -0.1) is 10.2 Å². The zero-order valence-electron chi connectivity index (χ0n) is 31.4. The number of benzene rings is 2. The van der Waals surface area contributed by atoms with Crippen LogP contribution in [0.4, 0.5) is 46.4 Å². The highest BCUT2D eigenvalue weighted by Crippen LogP contribution is 2.40. The number of aromatic amines is 1. The molecule has 57 heavy (non-hydrogen) atoms. The molecule has 2 aromatic heterocycles. The summed E-state index contributed by atoms with van der Waals surface area (Å²) in [6.45, 7) is 6.92. The van der Waals surface area contributed by atoms with Crippen LogP contribution in [0, 0.1) is 11.7 Å². The van der Waals surface area contributed by atoms with Crippen LogP contribution in [0.5, 0.6) is 0 Å². The molecule has 4 aromatic rings. The molecule has 3 aliphatic rings. The fourth-order valence-electron chi connectivity index (χ4n) is 7.84. The molecule has 0 bridgehead atoms. The van der Waals surface area contributed by atoms with E-state index < -0.39 is 29.0 Å². The van der Waals surface area contributed by atoms with Gasteiger partial charge in [-0.25, -0.2) is 9.49 Å². The summed E-state index contributed by atoms with van der Waals surface area (Å²) in [4.78, 5) is 47.6. The van der Waals surface area contributed by atoms with Crippen LogP contribution in [0.3, 0.4) is 0 Å². The number of nitrogens with one attached hydrogen (secondary N) is 3. The Bertz CT molecular complexity index is 2130. The summed E-state index contributed by atoms with van der Waals surface area (Å²) in [6.07, 6.45) is -1.49. The topological polar surface area (TPSA) is 182 Å². The molecule has 0 aliphatic carbocycles. The van der Waals surface area contributed by atoms with E-state index in [1.54, 1.807) is 23.1 Å². The maximum Gasteiger partial charge on any atom is 0.418 e. The number of rotatable bonds is 10. The quantitative estimate of drug-likeness (QED) is 0.171. The fourth-order valence-corrected chi connectivity index (χ4v) is 7.84. The zero-order valence-corrected chi connectivity index (χ0v) is 31.4. The molecule has 19 heteroatoms. The maximum atomic E-state index is 15.6. The van der Waals surface area contributed by atoms with Crippen molar-refractivity contribution >= 4 is 40.6 Å². The van der Waals surface area contributed by atoms with Gasteiger partial charge in [0.05, 0.1) is 16.9 Å². The van der Waals surface area contributed by atoms with Crippen LogP contribution in [0.15, 0.2) is 53.3 Å².